The summed E-state index contributed by atoms with van der Waals surface area (Å²) < 4.78 is 6.06. The van der Waals surface area contributed by atoms with Crippen molar-refractivity contribution < 1.29 is 14.6 Å². The first-order chi connectivity index (χ1) is 19.9. The number of aromatic nitrogens is 2. The summed E-state index contributed by atoms with van der Waals surface area (Å²) in [5.74, 6) is 2.00. The number of aliphatic hydroxyl groups is 1. The fourth-order valence-corrected chi connectivity index (χ4v) is 7.45. The Kier molecular flexibility index (Phi) is 8.61. The summed E-state index contributed by atoms with van der Waals surface area (Å²) in [5, 5.41) is 31.3. The van der Waals surface area contributed by atoms with E-state index in [0.29, 0.717) is 40.0 Å². The van der Waals surface area contributed by atoms with Crippen LogP contribution in [0.5, 0.6) is 5.75 Å². The number of hydrogen-bond acceptors (Lipinski definition) is 8. The van der Waals surface area contributed by atoms with Gasteiger partial charge in [0.25, 0.3) is 5.91 Å². The number of carbonyl (C=O) groups excluding carboxylic acids is 1. The van der Waals surface area contributed by atoms with Gasteiger partial charge in [-0.2, -0.15) is 5.26 Å². The van der Waals surface area contributed by atoms with Gasteiger partial charge in [-0.25, -0.2) is 0 Å². The molecule has 2 aromatic rings. The maximum absolute atomic E-state index is 12.9. The van der Waals surface area contributed by atoms with Crippen molar-refractivity contribution in [2.24, 2.45) is 5.92 Å². The van der Waals surface area contributed by atoms with Crippen molar-refractivity contribution in [3.05, 3.63) is 46.6 Å². The smallest absolute Gasteiger partial charge is 0.272 e. The van der Waals surface area contributed by atoms with Crippen LogP contribution in [0.4, 0.5) is 5.82 Å². The fraction of sp³-hybridized carbons (Fsp3) is 0.613. The monoisotopic (exact) mass is 578 g/mol. The van der Waals surface area contributed by atoms with E-state index in [0.717, 1.165) is 76.8 Å². The molecule has 218 valence electrons. The van der Waals surface area contributed by atoms with E-state index in [1.165, 1.54) is 12.8 Å². The number of fused-ring (bicyclic) bond motifs is 2. The molecule has 2 atom stereocenters. The Morgan fingerprint density at radius 1 is 1.02 bits per heavy atom. The number of nitrogens with zero attached hydrogens (tertiary/aromatic N) is 5. The third-order valence-electron chi connectivity index (χ3n) is 9.52. The average Bonchev–Trinajstić information content (AvgIpc) is 3.22. The van der Waals surface area contributed by atoms with Crippen molar-refractivity contribution >= 4 is 23.3 Å². The quantitative estimate of drug-likeness (QED) is 0.499. The second-order valence-electron chi connectivity index (χ2n) is 12.2. The molecule has 3 aliphatic heterocycles. The van der Waals surface area contributed by atoms with Crippen molar-refractivity contribution in [2.45, 2.75) is 94.5 Å². The number of carbonyl (C=O) groups is 1. The van der Waals surface area contributed by atoms with Crippen LogP contribution in [0, 0.1) is 17.2 Å². The van der Waals surface area contributed by atoms with Gasteiger partial charge in [-0.05, 0) is 94.4 Å². The molecule has 0 spiro atoms. The lowest BCUT2D eigenvalue weighted by Crippen LogP contribution is -2.48. The maximum atomic E-state index is 12.9. The zero-order chi connectivity index (χ0) is 28.3. The van der Waals surface area contributed by atoms with E-state index in [1.807, 2.05) is 6.07 Å². The highest BCUT2D eigenvalue weighted by Gasteiger charge is 2.41. The molecule has 1 aliphatic carbocycles. The van der Waals surface area contributed by atoms with E-state index in [9.17, 15) is 9.90 Å². The summed E-state index contributed by atoms with van der Waals surface area (Å²) in [6.45, 7) is 3.06. The lowest BCUT2D eigenvalue weighted by atomic mass is 9.92. The van der Waals surface area contributed by atoms with Crippen molar-refractivity contribution in [2.75, 3.05) is 24.5 Å². The molecule has 1 aromatic carbocycles. The molecular formula is C31H39ClN6O3. The Morgan fingerprint density at radius 3 is 2.39 bits per heavy atom. The first-order valence-electron chi connectivity index (χ1n) is 15.1. The molecule has 4 heterocycles. The highest BCUT2D eigenvalue weighted by Crippen LogP contribution is 2.37. The zero-order valence-corrected chi connectivity index (χ0v) is 24.2. The lowest BCUT2D eigenvalue weighted by molar-refractivity contribution is 0.0248. The molecule has 1 aromatic heterocycles. The number of anilines is 1. The maximum Gasteiger partial charge on any atom is 0.272 e. The third-order valence-corrected chi connectivity index (χ3v) is 9.84. The van der Waals surface area contributed by atoms with Crippen LogP contribution in [0.2, 0.25) is 5.02 Å². The summed E-state index contributed by atoms with van der Waals surface area (Å²) in [4.78, 5) is 17.8. The minimum atomic E-state index is -0.188. The molecule has 0 radical (unpaired) electrons. The second-order valence-corrected chi connectivity index (χ2v) is 12.6. The summed E-state index contributed by atoms with van der Waals surface area (Å²) in [5.41, 5.74) is 0.778. The largest absolute Gasteiger partial charge is 0.490 e. The van der Waals surface area contributed by atoms with Crippen LogP contribution in [-0.2, 0) is 0 Å². The van der Waals surface area contributed by atoms with Crippen LogP contribution >= 0.6 is 11.6 Å². The van der Waals surface area contributed by atoms with Gasteiger partial charge < -0.3 is 20.1 Å². The van der Waals surface area contributed by atoms with Gasteiger partial charge in [0.2, 0.25) is 0 Å². The molecule has 2 unspecified atom stereocenters. The van der Waals surface area contributed by atoms with Crippen LogP contribution in [0.25, 0.3) is 0 Å². The fourth-order valence-electron chi connectivity index (χ4n) is 7.24. The van der Waals surface area contributed by atoms with E-state index in [4.69, 9.17) is 21.6 Å². The van der Waals surface area contributed by atoms with Crippen LogP contribution in [0.3, 0.4) is 0 Å². The van der Waals surface area contributed by atoms with E-state index in [-0.39, 0.29) is 24.2 Å². The predicted octanol–water partition coefficient (Wildman–Crippen LogP) is 4.33. The molecule has 10 heteroatoms. The summed E-state index contributed by atoms with van der Waals surface area (Å²) in [6, 6.07) is 12.1. The number of amides is 1. The standard InChI is InChI=1S/C31H39ClN6O3/c32-28-17-27(6-1-21(28)18-33)41-26-7-2-22(3-8-26)34-31(40)29-9-10-30(36-35-29)37-13-11-20(12-14-37)19-38-23-4-5-24(38)16-25(39)15-23/h1,6,9-10,17,20,22-26,39H,2-5,7-8,11-16,19H2,(H,34,40). The Labute approximate surface area is 246 Å². The Balaban J connectivity index is 0.931. The molecule has 41 heavy (non-hydrogen) atoms. The number of nitriles is 1. The number of rotatable bonds is 7. The molecule has 1 saturated carbocycles. The predicted molar refractivity (Wildman–Crippen MR) is 156 cm³/mol. The van der Waals surface area contributed by atoms with Crippen LogP contribution in [0.15, 0.2) is 30.3 Å². The van der Waals surface area contributed by atoms with Gasteiger partial charge in [0.1, 0.15) is 11.8 Å². The van der Waals surface area contributed by atoms with Gasteiger partial charge in [-0.15, -0.1) is 10.2 Å². The van der Waals surface area contributed by atoms with Gasteiger partial charge in [0, 0.05) is 43.8 Å². The normalized spacial score (nSPS) is 28.7. The molecule has 1 amide bonds. The highest BCUT2D eigenvalue weighted by molar-refractivity contribution is 6.31. The van der Waals surface area contributed by atoms with Gasteiger partial charge in [-0.3, -0.25) is 9.69 Å². The molecular weight excluding hydrogens is 540 g/mol. The first kappa shape index (κ1) is 28.2. The number of ether oxygens (including phenoxy) is 1. The van der Waals surface area contributed by atoms with E-state index in [1.54, 1.807) is 24.3 Å². The topological polar surface area (TPSA) is 115 Å². The van der Waals surface area contributed by atoms with Gasteiger partial charge in [0.05, 0.1) is 22.8 Å². The average molecular weight is 579 g/mol. The van der Waals surface area contributed by atoms with Gasteiger partial charge in [-0.1, -0.05) is 11.6 Å². The van der Waals surface area contributed by atoms with Crippen LogP contribution in [-0.4, -0.2) is 76.1 Å². The van der Waals surface area contributed by atoms with Crippen LogP contribution < -0.4 is 15.0 Å². The number of hydrogen-bond donors (Lipinski definition) is 2. The number of benzene rings is 1. The van der Waals surface area contributed by atoms with Crippen molar-refractivity contribution in [3.8, 4) is 11.8 Å². The Hall–Kier alpha value is -2.93. The summed E-state index contributed by atoms with van der Waals surface area (Å²) >= 11 is 6.12. The molecule has 9 nitrogen and oxygen atoms in total. The molecule has 2 bridgehead atoms. The van der Waals surface area contributed by atoms with Crippen molar-refractivity contribution in [3.63, 3.8) is 0 Å². The SMILES string of the molecule is N#Cc1ccc(OC2CCC(NC(=O)c3ccc(N4CCC(CN5C6CCC5CC(O)C6)CC4)nn3)CC2)cc1Cl. The Bertz CT molecular complexity index is 1240. The lowest BCUT2D eigenvalue weighted by Gasteiger charge is -2.41. The van der Waals surface area contributed by atoms with Gasteiger partial charge in [0.15, 0.2) is 11.5 Å². The minimum Gasteiger partial charge on any atom is -0.490 e. The molecule has 6 rings (SSSR count). The van der Waals surface area contributed by atoms with Gasteiger partial charge >= 0.3 is 0 Å². The number of aliphatic hydroxyl groups excluding tert-OH is 1. The second kappa shape index (κ2) is 12.5. The molecule has 4 aliphatic rings. The molecule has 2 N–H and O–H groups in total. The number of nitrogens with one attached hydrogen (secondary N) is 1. The first-order valence-corrected chi connectivity index (χ1v) is 15.5. The summed E-state index contributed by atoms with van der Waals surface area (Å²) in [6.07, 6.45) is 9.85. The number of halogens is 1. The van der Waals surface area contributed by atoms with E-state index in [2.05, 4.69) is 31.4 Å². The summed E-state index contributed by atoms with van der Waals surface area (Å²) in [7, 11) is 0. The number of piperidine rings is 2. The molecule has 3 saturated heterocycles. The van der Waals surface area contributed by atoms with Crippen LogP contribution in [0.1, 0.15) is 80.3 Å². The van der Waals surface area contributed by atoms with Crippen molar-refractivity contribution in [1.29, 1.82) is 5.26 Å². The van der Waals surface area contributed by atoms with E-state index < -0.39 is 0 Å². The minimum absolute atomic E-state index is 0.0539. The third kappa shape index (κ3) is 6.61. The Morgan fingerprint density at radius 2 is 1.76 bits per heavy atom. The van der Waals surface area contributed by atoms with E-state index >= 15 is 0 Å². The zero-order valence-electron chi connectivity index (χ0n) is 23.4. The highest BCUT2D eigenvalue weighted by atomic mass is 35.5. The van der Waals surface area contributed by atoms with Crippen molar-refractivity contribution in [1.82, 2.24) is 20.4 Å². The molecule has 4 fully saturated rings.